The van der Waals surface area contributed by atoms with Gasteiger partial charge in [-0.25, -0.2) is 4.39 Å². The molecule has 3 heterocycles. The van der Waals surface area contributed by atoms with Crippen molar-refractivity contribution in [2.45, 2.75) is 38.1 Å². The van der Waals surface area contributed by atoms with Crippen LogP contribution >= 0.6 is 0 Å². The summed E-state index contributed by atoms with van der Waals surface area (Å²) in [7, 11) is 0. The first-order chi connectivity index (χ1) is 15.2. The number of aromatic amines is 1. The lowest BCUT2D eigenvalue weighted by Gasteiger charge is -2.36. The fourth-order valence-electron chi connectivity index (χ4n) is 5.17. The number of aryl methyl sites for hydroxylation is 1. The average Bonchev–Trinajstić information content (AvgIpc) is 3.40. The first kappa shape index (κ1) is 18.4. The molecule has 6 heteroatoms. The number of carbonyl (C=O) groups is 1. The topological polar surface area (TPSA) is 62.1 Å². The molecule has 1 aliphatic heterocycles. The summed E-state index contributed by atoms with van der Waals surface area (Å²) in [6.45, 7) is 0.488. The molecule has 0 spiro atoms. The first-order valence-electron chi connectivity index (χ1n) is 10.8. The molecule has 1 amide bonds. The van der Waals surface area contributed by atoms with Crippen LogP contribution in [0.4, 0.5) is 4.39 Å². The second-order valence-corrected chi connectivity index (χ2v) is 8.38. The number of hydrogen-bond donors (Lipinski definition) is 1. The van der Waals surface area contributed by atoms with E-state index in [0.29, 0.717) is 24.3 Å². The van der Waals surface area contributed by atoms with Gasteiger partial charge in [-0.2, -0.15) is 0 Å². The zero-order chi connectivity index (χ0) is 20.9. The summed E-state index contributed by atoms with van der Waals surface area (Å²) in [6, 6.07) is 14.2. The van der Waals surface area contributed by atoms with Gasteiger partial charge in [0.05, 0.1) is 5.69 Å². The first-order valence-corrected chi connectivity index (χ1v) is 10.8. The van der Waals surface area contributed by atoms with Crippen molar-refractivity contribution in [1.29, 1.82) is 0 Å². The maximum atomic E-state index is 15.0. The van der Waals surface area contributed by atoms with Crippen LogP contribution in [0.3, 0.4) is 0 Å². The normalized spacial score (nSPS) is 18.1. The van der Waals surface area contributed by atoms with E-state index in [4.69, 9.17) is 4.52 Å². The van der Waals surface area contributed by atoms with Crippen molar-refractivity contribution in [3.63, 3.8) is 0 Å². The summed E-state index contributed by atoms with van der Waals surface area (Å²) in [5.74, 6) is -0.222. The maximum Gasteiger partial charge on any atom is 0.293 e. The van der Waals surface area contributed by atoms with Gasteiger partial charge in [-0.1, -0.05) is 41.6 Å². The number of carbonyl (C=O) groups excluding carboxylic acids is 1. The van der Waals surface area contributed by atoms with E-state index in [1.807, 2.05) is 24.3 Å². The molecule has 0 saturated carbocycles. The standard InChI is InChI=1S/C25H22FN3O2/c26-19-10-4-1-8-17(19)23-22-16(15-7-2-5-11-20(15)27-22)13-14-29(23)25(30)24-18-9-3-6-12-21(18)28-31-24/h1-2,4-5,7-8,10-11,23,27H,3,6,9,12-14H2/t23-/m0/s1. The molecule has 0 fully saturated rings. The number of fused-ring (bicyclic) bond motifs is 4. The molecule has 0 saturated heterocycles. The van der Waals surface area contributed by atoms with Crippen LogP contribution in [-0.2, 0) is 19.3 Å². The van der Waals surface area contributed by atoms with Gasteiger partial charge in [-0.3, -0.25) is 4.79 Å². The highest BCUT2D eigenvalue weighted by molar-refractivity contribution is 5.94. The lowest BCUT2D eigenvalue weighted by Crippen LogP contribution is -2.41. The zero-order valence-electron chi connectivity index (χ0n) is 17.0. The van der Waals surface area contributed by atoms with Crippen LogP contribution in [0.1, 0.15) is 57.5 Å². The van der Waals surface area contributed by atoms with Crippen LogP contribution in [-0.4, -0.2) is 27.5 Å². The van der Waals surface area contributed by atoms with Gasteiger partial charge in [-0.15, -0.1) is 0 Å². The Morgan fingerprint density at radius 2 is 1.84 bits per heavy atom. The van der Waals surface area contributed by atoms with Gasteiger partial charge in [0.25, 0.3) is 5.91 Å². The van der Waals surface area contributed by atoms with E-state index >= 15 is 0 Å². The second kappa shape index (κ2) is 7.08. The highest BCUT2D eigenvalue weighted by Gasteiger charge is 2.38. The predicted molar refractivity (Wildman–Crippen MR) is 114 cm³/mol. The summed E-state index contributed by atoms with van der Waals surface area (Å²) < 4.78 is 20.5. The molecule has 2 aromatic heterocycles. The minimum absolute atomic E-state index is 0.215. The van der Waals surface area contributed by atoms with Gasteiger partial charge in [0, 0.05) is 34.3 Å². The third-order valence-corrected chi connectivity index (χ3v) is 6.65. The fraction of sp³-hybridized carbons (Fsp3) is 0.280. The van der Waals surface area contributed by atoms with Gasteiger partial charge in [0.1, 0.15) is 11.9 Å². The van der Waals surface area contributed by atoms with E-state index in [1.54, 1.807) is 17.0 Å². The van der Waals surface area contributed by atoms with Gasteiger partial charge in [0.2, 0.25) is 5.76 Å². The zero-order valence-corrected chi connectivity index (χ0v) is 17.0. The lowest BCUT2D eigenvalue weighted by molar-refractivity contribution is 0.0645. The van der Waals surface area contributed by atoms with Crippen molar-refractivity contribution >= 4 is 16.8 Å². The molecule has 0 radical (unpaired) electrons. The number of rotatable bonds is 2. The van der Waals surface area contributed by atoms with Crippen molar-refractivity contribution in [3.8, 4) is 0 Å². The Morgan fingerprint density at radius 1 is 1.03 bits per heavy atom. The number of para-hydroxylation sites is 1. The van der Waals surface area contributed by atoms with E-state index in [-0.39, 0.29) is 11.7 Å². The highest BCUT2D eigenvalue weighted by Crippen LogP contribution is 2.40. The van der Waals surface area contributed by atoms with Crippen LogP contribution in [0, 0.1) is 5.82 Å². The molecule has 0 unspecified atom stereocenters. The summed E-state index contributed by atoms with van der Waals surface area (Å²) >= 11 is 0. The van der Waals surface area contributed by atoms with Crippen molar-refractivity contribution in [3.05, 3.63) is 88.2 Å². The quantitative estimate of drug-likeness (QED) is 0.503. The Morgan fingerprint density at radius 3 is 2.74 bits per heavy atom. The molecular weight excluding hydrogens is 393 g/mol. The molecule has 1 N–H and O–H groups in total. The molecule has 2 aliphatic rings. The monoisotopic (exact) mass is 415 g/mol. The van der Waals surface area contributed by atoms with Crippen molar-refractivity contribution < 1.29 is 13.7 Å². The van der Waals surface area contributed by atoms with Gasteiger partial charge < -0.3 is 14.4 Å². The molecule has 0 bridgehead atoms. The number of H-pyrrole nitrogens is 1. The average molecular weight is 415 g/mol. The Balaban J connectivity index is 1.51. The predicted octanol–water partition coefficient (Wildman–Crippen LogP) is 4.96. The SMILES string of the molecule is O=C(c1onc2c1CCCC2)N1CCc2c([nH]c3ccccc23)[C@@H]1c1ccccc1F. The summed E-state index contributed by atoms with van der Waals surface area (Å²) in [6.07, 6.45) is 4.43. The van der Waals surface area contributed by atoms with Gasteiger partial charge in [0.15, 0.2) is 0 Å². The van der Waals surface area contributed by atoms with Crippen LogP contribution < -0.4 is 0 Å². The third kappa shape index (κ3) is 2.81. The highest BCUT2D eigenvalue weighted by atomic mass is 19.1. The molecule has 31 heavy (non-hydrogen) atoms. The minimum Gasteiger partial charge on any atom is -0.356 e. The second-order valence-electron chi connectivity index (χ2n) is 8.38. The Hall–Kier alpha value is -3.41. The maximum absolute atomic E-state index is 15.0. The smallest absolute Gasteiger partial charge is 0.293 e. The minimum atomic E-state index is -0.547. The Kier molecular flexibility index (Phi) is 4.19. The molecule has 6 rings (SSSR count). The lowest BCUT2D eigenvalue weighted by atomic mass is 9.91. The van der Waals surface area contributed by atoms with Crippen molar-refractivity contribution in [2.24, 2.45) is 0 Å². The number of amides is 1. The summed E-state index contributed by atoms with van der Waals surface area (Å²) in [5.41, 5.74) is 5.31. The van der Waals surface area contributed by atoms with E-state index in [2.05, 4.69) is 16.2 Å². The molecule has 4 aromatic rings. The van der Waals surface area contributed by atoms with Crippen LogP contribution in [0.15, 0.2) is 53.1 Å². The number of nitrogens with one attached hydrogen (secondary N) is 1. The molecule has 5 nitrogen and oxygen atoms in total. The number of hydrogen-bond acceptors (Lipinski definition) is 3. The molecule has 156 valence electrons. The van der Waals surface area contributed by atoms with Crippen LogP contribution in [0.25, 0.3) is 10.9 Å². The Labute approximate surface area is 178 Å². The fourth-order valence-corrected chi connectivity index (χ4v) is 5.17. The number of benzene rings is 2. The molecule has 1 aliphatic carbocycles. The van der Waals surface area contributed by atoms with Crippen molar-refractivity contribution in [1.82, 2.24) is 15.0 Å². The molecule has 2 aromatic carbocycles. The Bertz CT molecular complexity index is 1310. The summed E-state index contributed by atoms with van der Waals surface area (Å²) in [5, 5.41) is 5.29. The van der Waals surface area contributed by atoms with Crippen LogP contribution in [0.2, 0.25) is 0 Å². The number of halogens is 1. The third-order valence-electron chi connectivity index (χ3n) is 6.65. The van der Waals surface area contributed by atoms with Gasteiger partial charge >= 0.3 is 0 Å². The van der Waals surface area contributed by atoms with E-state index in [0.717, 1.165) is 59.1 Å². The largest absolute Gasteiger partial charge is 0.356 e. The van der Waals surface area contributed by atoms with E-state index in [9.17, 15) is 9.18 Å². The van der Waals surface area contributed by atoms with Gasteiger partial charge in [-0.05, 0) is 49.8 Å². The molecular formula is C25H22FN3O2. The number of nitrogens with zero attached hydrogens (tertiary/aromatic N) is 2. The molecule has 1 atom stereocenters. The van der Waals surface area contributed by atoms with E-state index in [1.165, 1.54) is 6.07 Å². The van der Waals surface area contributed by atoms with Crippen LogP contribution in [0.5, 0.6) is 0 Å². The van der Waals surface area contributed by atoms with E-state index < -0.39 is 6.04 Å². The summed E-state index contributed by atoms with van der Waals surface area (Å²) in [4.78, 5) is 18.9. The number of aromatic nitrogens is 2. The van der Waals surface area contributed by atoms with Crippen molar-refractivity contribution in [2.75, 3.05) is 6.54 Å².